The van der Waals surface area contributed by atoms with Crippen molar-refractivity contribution in [3.05, 3.63) is 60.1 Å². The molecule has 0 amide bonds. The second kappa shape index (κ2) is 11.9. The van der Waals surface area contributed by atoms with Crippen molar-refractivity contribution in [3.63, 3.8) is 0 Å². The van der Waals surface area contributed by atoms with Crippen molar-refractivity contribution in [1.82, 2.24) is 0 Å². The second-order valence-corrected chi connectivity index (χ2v) is 13.3. The van der Waals surface area contributed by atoms with E-state index < -0.39 is 64.5 Å². The molecule has 1 spiro atoms. The average molecular weight is 613 g/mol. The smallest absolute Gasteiger partial charge is 0.374 e. The Bertz CT molecular complexity index is 1340. The van der Waals surface area contributed by atoms with Crippen LogP contribution in [0, 0.1) is 11.3 Å². The molecular formula is C34H44O10. The lowest BCUT2D eigenvalue weighted by atomic mass is 9.47. The standard InChI is InChI=1S/C34H44O10/c1-7-8-12-17-40-27-23-19-26(43-30(37)24-16-13-18-39-24)33(6)28(41-21(2)35)25(42-29(36)22-14-10-9-11-15-22)20-32(5,38)34(27,33)44-31(23,3)4/h9-11,13-16,18,23,25-28,38H,7-8,12,17,19-20H2,1-6H3/t23-,25+,26+,27-,28+,32-,33-,34+/m1/s1. The topological polar surface area (TPSA) is 131 Å². The number of rotatable bonds is 10. The lowest BCUT2D eigenvalue weighted by molar-refractivity contribution is -0.346. The van der Waals surface area contributed by atoms with Gasteiger partial charge in [0, 0.05) is 25.9 Å². The number of furan rings is 1. The van der Waals surface area contributed by atoms with Gasteiger partial charge in [-0.25, -0.2) is 9.59 Å². The minimum Gasteiger partial charge on any atom is -0.458 e. The maximum Gasteiger partial charge on any atom is 0.374 e. The van der Waals surface area contributed by atoms with E-state index in [1.165, 1.54) is 19.3 Å². The summed E-state index contributed by atoms with van der Waals surface area (Å²) in [5.41, 5.74) is -5.16. The number of fused-ring (bicyclic) bond motifs is 1. The van der Waals surface area contributed by atoms with Gasteiger partial charge in [0.1, 0.15) is 17.8 Å². The molecule has 2 aromatic rings. The first-order chi connectivity index (χ1) is 20.8. The molecule has 3 aliphatic rings. The van der Waals surface area contributed by atoms with Crippen molar-refractivity contribution in [2.45, 2.75) is 115 Å². The molecule has 2 aliphatic carbocycles. The van der Waals surface area contributed by atoms with Crippen LogP contribution in [-0.4, -0.2) is 70.8 Å². The van der Waals surface area contributed by atoms with Crippen molar-refractivity contribution >= 4 is 17.9 Å². The summed E-state index contributed by atoms with van der Waals surface area (Å²) in [5.74, 6) is -2.25. The fraction of sp³-hybridized carbons (Fsp3) is 0.618. The van der Waals surface area contributed by atoms with Crippen LogP contribution in [0.25, 0.3) is 0 Å². The first-order valence-corrected chi connectivity index (χ1v) is 15.5. The van der Waals surface area contributed by atoms with Crippen molar-refractivity contribution in [3.8, 4) is 0 Å². The molecule has 2 bridgehead atoms. The molecular weight excluding hydrogens is 568 g/mol. The van der Waals surface area contributed by atoms with E-state index in [-0.39, 0.29) is 24.5 Å². The molecule has 8 atom stereocenters. The fourth-order valence-electron chi connectivity index (χ4n) is 7.97. The SMILES string of the molecule is CCCCCO[C@@H]1[C@H]2C[C@H](OC(=O)c3ccco3)[C@]3(C)[C@@H](OC(C)=O)[C@@H](OC(=O)c4ccccc4)C[C@@](C)(O)[C@@]13OC2(C)C. The van der Waals surface area contributed by atoms with Crippen molar-refractivity contribution in [2.24, 2.45) is 11.3 Å². The van der Waals surface area contributed by atoms with Crippen LogP contribution in [-0.2, 0) is 28.5 Å². The van der Waals surface area contributed by atoms with Gasteiger partial charge in [0.2, 0.25) is 5.76 Å². The van der Waals surface area contributed by atoms with E-state index in [4.69, 9.17) is 28.1 Å². The Morgan fingerprint density at radius 1 is 0.932 bits per heavy atom. The van der Waals surface area contributed by atoms with Crippen LogP contribution in [0.2, 0.25) is 0 Å². The molecule has 5 rings (SSSR count). The summed E-state index contributed by atoms with van der Waals surface area (Å²) in [6.07, 6.45) is 0.477. The monoisotopic (exact) mass is 612 g/mol. The van der Waals surface area contributed by atoms with Gasteiger partial charge in [0.05, 0.1) is 34.5 Å². The molecule has 0 radical (unpaired) electrons. The molecule has 2 saturated carbocycles. The van der Waals surface area contributed by atoms with E-state index >= 15 is 0 Å². The lowest BCUT2D eigenvalue weighted by Gasteiger charge is -2.65. The van der Waals surface area contributed by atoms with Crippen molar-refractivity contribution in [2.75, 3.05) is 6.61 Å². The summed E-state index contributed by atoms with van der Waals surface area (Å²) in [6, 6.07) is 11.5. The minimum absolute atomic E-state index is 0.00627. The summed E-state index contributed by atoms with van der Waals surface area (Å²) in [6.45, 7) is 11.1. The largest absolute Gasteiger partial charge is 0.458 e. The van der Waals surface area contributed by atoms with Crippen LogP contribution in [0.5, 0.6) is 0 Å². The van der Waals surface area contributed by atoms with Crippen LogP contribution in [0.15, 0.2) is 53.1 Å². The van der Waals surface area contributed by atoms with Gasteiger partial charge in [-0.15, -0.1) is 0 Å². The molecule has 3 fully saturated rings. The Hall–Kier alpha value is -3.21. The number of carbonyl (C=O) groups is 3. The molecule has 1 aromatic carbocycles. The van der Waals surface area contributed by atoms with Crippen molar-refractivity contribution < 1.29 is 47.6 Å². The highest BCUT2D eigenvalue weighted by atomic mass is 16.6. The summed E-state index contributed by atoms with van der Waals surface area (Å²) < 4.78 is 37.2. The predicted octanol–water partition coefficient (Wildman–Crippen LogP) is 5.27. The number of unbranched alkanes of at least 4 members (excludes halogenated alkanes) is 2. The Balaban J connectivity index is 1.64. The van der Waals surface area contributed by atoms with Gasteiger partial charge < -0.3 is 33.2 Å². The van der Waals surface area contributed by atoms with E-state index in [9.17, 15) is 19.5 Å². The van der Waals surface area contributed by atoms with Crippen LogP contribution in [0.1, 0.15) is 94.6 Å². The number of esters is 3. The predicted molar refractivity (Wildman–Crippen MR) is 158 cm³/mol. The Kier molecular flexibility index (Phi) is 8.74. The van der Waals surface area contributed by atoms with E-state index in [1.54, 1.807) is 50.2 Å². The number of hydrogen-bond donors (Lipinski definition) is 1. The molecule has 44 heavy (non-hydrogen) atoms. The third kappa shape index (κ3) is 5.24. The summed E-state index contributed by atoms with van der Waals surface area (Å²) in [4.78, 5) is 39.5. The number of benzene rings is 1. The van der Waals surface area contributed by atoms with Gasteiger partial charge >= 0.3 is 17.9 Å². The van der Waals surface area contributed by atoms with Crippen molar-refractivity contribution in [1.29, 1.82) is 0 Å². The molecule has 240 valence electrons. The molecule has 10 heteroatoms. The normalized spacial score (nSPS) is 35.4. The summed E-state index contributed by atoms with van der Waals surface area (Å²) in [7, 11) is 0. The van der Waals surface area contributed by atoms with Crippen LogP contribution < -0.4 is 0 Å². The molecule has 1 aliphatic heterocycles. The van der Waals surface area contributed by atoms with Crippen LogP contribution in [0.3, 0.4) is 0 Å². The highest BCUT2D eigenvalue weighted by molar-refractivity contribution is 5.89. The maximum absolute atomic E-state index is 13.4. The first kappa shape index (κ1) is 32.2. The average Bonchev–Trinajstić information content (AvgIpc) is 3.57. The summed E-state index contributed by atoms with van der Waals surface area (Å²) >= 11 is 0. The highest BCUT2D eigenvalue weighted by Crippen LogP contribution is 2.69. The molecule has 2 heterocycles. The molecule has 1 N–H and O–H groups in total. The van der Waals surface area contributed by atoms with Gasteiger partial charge in [-0.2, -0.15) is 0 Å². The number of carbonyl (C=O) groups excluding carboxylic acids is 3. The highest BCUT2D eigenvalue weighted by Gasteiger charge is 2.83. The quantitative estimate of drug-likeness (QED) is 0.215. The van der Waals surface area contributed by atoms with Gasteiger partial charge in [-0.1, -0.05) is 38.0 Å². The molecule has 0 unspecified atom stereocenters. The zero-order valence-corrected chi connectivity index (χ0v) is 26.4. The molecule has 1 saturated heterocycles. The Morgan fingerprint density at radius 3 is 2.30 bits per heavy atom. The molecule has 10 nitrogen and oxygen atoms in total. The van der Waals surface area contributed by atoms with E-state index in [0.717, 1.165) is 19.3 Å². The number of hydrogen-bond acceptors (Lipinski definition) is 10. The molecule has 1 aromatic heterocycles. The summed E-state index contributed by atoms with van der Waals surface area (Å²) in [5, 5.41) is 12.6. The van der Waals surface area contributed by atoms with Crippen LogP contribution in [0.4, 0.5) is 0 Å². The van der Waals surface area contributed by atoms with Gasteiger partial charge in [0.25, 0.3) is 0 Å². The first-order valence-electron chi connectivity index (χ1n) is 15.5. The number of aliphatic hydroxyl groups is 1. The Morgan fingerprint density at radius 2 is 1.66 bits per heavy atom. The van der Waals surface area contributed by atoms with E-state index in [2.05, 4.69) is 6.92 Å². The minimum atomic E-state index is -1.68. The third-order valence-electron chi connectivity index (χ3n) is 9.93. The van der Waals surface area contributed by atoms with E-state index in [0.29, 0.717) is 12.2 Å². The Labute approximate surface area is 258 Å². The number of ether oxygens (including phenoxy) is 5. The van der Waals surface area contributed by atoms with Gasteiger partial charge in [-0.05, 0) is 64.8 Å². The van der Waals surface area contributed by atoms with E-state index in [1.807, 2.05) is 13.8 Å². The second-order valence-electron chi connectivity index (χ2n) is 13.3. The van der Waals surface area contributed by atoms with Gasteiger partial charge in [-0.3, -0.25) is 4.79 Å². The maximum atomic E-state index is 13.4. The zero-order valence-electron chi connectivity index (χ0n) is 26.4. The third-order valence-corrected chi connectivity index (χ3v) is 9.93. The zero-order chi connectivity index (χ0) is 31.9. The fourth-order valence-corrected chi connectivity index (χ4v) is 7.97. The van der Waals surface area contributed by atoms with Gasteiger partial charge in [0.15, 0.2) is 6.10 Å². The van der Waals surface area contributed by atoms with Crippen LogP contribution >= 0.6 is 0 Å². The lowest BCUT2D eigenvalue weighted by Crippen LogP contribution is -2.81.